The highest BCUT2D eigenvalue weighted by Gasteiger charge is 2.35. The van der Waals surface area contributed by atoms with Crippen LogP contribution in [0, 0.1) is 0 Å². The molecule has 1 aliphatic rings. The number of nitrogens with zero attached hydrogens (tertiary/aromatic N) is 2. The number of carbonyl (C=O) groups excluding carboxylic acids is 1. The van der Waals surface area contributed by atoms with Crippen molar-refractivity contribution in [1.82, 2.24) is 4.98 Å². The number of hydrogen-bond acceptors (Lipinski definition) is 4. The topological polar surface area (TPSA) is 63.6 Å². The van der Waals surface area contributed by atoms with Crippen LogP contribution >= 0.6 is 0 Å². The summed E-state index contributed by atoms with van der Waals surface area (Å²) in [6, 6.07) is 3.37. The minimum Gasteiger partial charge on any atom is -0.392 e. The number of oxime groups is 1. The van der Waals surface area contributed by atoms with Gasteiger partial charge in [-0.05, 0) is 38.0 Å². The van der Waals surface area contributed by atoms with E-state index in [0.717, 1.165) is 0 Å². The molecule has 23 heavy (non-hydrogen) atoms. The van der Waals surface area contributed by atoms with Crippen LogP contribution in [0.2, 0.25) is 0 Å². The van der Waals surface area contributed by atoms with Crippen molar-refractivity contribution >= 4 is 17.3 Å². The van der Waals surface area contributed by atoms with E-state index in [1.54, 1.807) is 19.1 Å². The maximum atomic E-state index is 13.1. The number of anilines is 1. The molecule has 1 saturated carbocycles. The van der Waals surface area contributed by atoms with Gasteiger partial charge in [0.15, 0.2) is 0 Å². The summed E-state index contributed by atoms with van der Waals surface area (Å²) in [6.07, 6.45) is 2.65. The van der Waals surface area contributed by atoms with Gasteiger partial charge in [0.25, 0.3) is 0 Å². The Hall–Kier alpha value is -2.31. The van der Waals surface area contributed by atoms with Crippen LogP contribution in [0.5, 0.6) is 0 Å². The molecule has 1 fully saturated rings. The summed E-state index contributed by atoms with van der Waals surface area (Å²) in [6.45, 7) is 5.09. The van der Waals surface area contributed by atoms with Gasteiger partial charge < -0.3 is 10.2 Å². The fourth-order valence-electron chi connectivity index (χ4n) is 2.19. The Balaban J connectivity index is 1.90. The molecule has 124 valence electrons. The van der Waals surface area contributed by atoms with Crippen LogP contribution in [-0.2, 0) is 9.63 Å². The van der Waals surface area contributed by atoms with Crippen molar-refractivity contribution in [3.63, 3.8) is 0 Å². The van der Waals surface area contributed by atoms with E-state index < -0.39 is 5.92 Å². The predicted molar refractivity (Wildman–Crippen MR) is 83.6 cm³/mol. The Labute approximate surface area is 133 Å². The van der Waals surface area contributed by atoms with Crippen LogP contribution in [0.3, 0.4) is 0 Å². The average molecular weight is 323 g/mol. The van der Waals surface area contributed by atoms with Gasteiger partial charge in [0, 0.05) is 12.8 Å². The van der Waals surface area contributed by atoms with Gasteiger partial charge in [-0.15, -0.1) is 0 Å². The maximum Gasteiger partial charge on any atom is 0.248 e. The third-order valence-corrected chi connectivity index (χ3v) is 3.59. The van der Waals surface area contributed by atoms with Gasteiger partial charge in [-0.25, -0.2) is 8.78 Å². The van der Waals surface area contributed by atoms with Gasteiger partial charge in [-0.2, -0.15) is 0 Å². The van der Waals surface area contributed by atoms with E-state index in [0.29, 0.717) is 29.9 Å². The highest BCUT2D eigenvalue weighted by molar-refractivity contribution is 5.99. The van der Waals surface area contributed by atoms with Crippen molar-refractivity contribution in [2.45, 2.75) is 44.6 Å². The second kappa shape index (κ2) is 7.30. The molecule has 0 bridgehead atoms. The molecule has 5 nitrogen and oxygen atoms in total. The predicted octanol–water partition coefficient (Wildman–Crippen LogP) is 3.52. The summed E-state index contributed by atoms with van der Waals surface area (Å²) in [4.78, 5) is 20.7. The zero-order valence-corrected chi connectivity index (χ0v) is 12.9. The molecule has 0 saturated heterocycles. The normalized spacial score (nSPS) is 18.3. The van der Waals surface area contributed by atoms with Crippen molar-refractivity contribution in [1.29, 1.82) is 0 Å². The number of alkyl halides is 2. The molecule has 1 amide bonds. The lowest BCUT2D eigenvalue weighted by Crippen LogP contribution is -2.28. The van der Waals surface area contributed by atoms with Gasteiger partial charge in [0.05, 0.1) is 17.6 Å². The summed E-state index contributed by atoms with van der Waals surface area (Å²) in [5, 5.41) is 6.57. The SMILES string of the molecule is C=CC(=O)Nc1ccc(/C(C)=N/OC2CCC(F)(F)CC2)nc1. The van der Waals surface area contributed by atoms with Crippen LogP contribution in [0.25, 0.3) is 0 Å². The Morgan fingerprint density at radius 2 is 2.17 bits per heavy atom. The molecule has 0 aromatic carbocycles. The average Bonchev–Trinajstić information content (AvgIpc) is 2.54. The molecule has 2 rings (SSSR count). The van der Waals surface area contributed by atoms with Crippen molar-refractivity contribution in [2.24, 2.45) is 5.16 Å². The third kappa shape index (κ3) is 5.12. The summed E-state index contributed by atoms with van der Waals surface area (Å²) < 4.78 is 26.1. The molecule has 1 aromatic rings. The van der Waals surface area contributed by atoms with Gasteiger partial charge in [0.1, 0.15) is 11.8 Å². The quantitative estimate of drug-likeness (QED) is 0.512. The monoisotopic (exact) mass is 323 g/mol. The number of hydrogen-bond donors (Lipinski definition) is 1. The van der Waals surface area contributed by atoms with E-state index in [1.165, 1.54) is 12.3 Å². The molecule has 1 aliphatic carbocycles. The number of aromatic nitrogens is 1. The minimum atomic E-state index is -2.58. The van der Waals surface area contributed by atoms with E-state index >= 15 is 0 Å². The molecular formula is C16H19F2N3O2. The first-order valence-corrected chi connectivity index (χ1v) is 7.38. The first kappa shape index (κ1) is 17.1. The highest BCUT2D eigenvalue weighted by Crippen LogP contribution is 2.34. The number of rotatable bonds is 5. The fourth-order valence-corrected chi connectivity index (χ4v) is 2.19. The molecular weight excluding hydrogens is 304 g/mol. The number of halogens is 2. The van der Waals surface area contributed by atoms with Crippen LogP contribution < -0.4 is 5.32 Å². The molecule has 0 aliphatic heterocycles. The summed E-state index contributed by atoms with van der Waals surface area (Å²) in [5.41, 5.74) is 1.67. The van der Waals surface area contributed by atoms with Gasteiger partial charge in [0.2, 0.25) is 11.8 Å². The Bertz CT molecular complexity index is 590. The fraction of sp³-hybridized carbons (Fsp3) is 0.438. The molecule has 7 heteroatoms. The van der Waals surface area contributed by atoms with E-state index in [9.17, 15) is 13.6 Å². The minimum absolute atomic E-state index is 0.165. The summed E-state index contributed by atoms with van der Waals surface area (Å²) in [5.74, 6) is -2.89. The summed E-state index contributed by atoms with van der Waals surface area (Å²) >= 11 is 0. The molecule has 1 aromatic heterocycles. The second-order valence-electron chi connectivity index (χ2n) is 5.46. The number of nitrogens with one attached hydrogen (secondary N) is 1. The molecule has 0 spiro atoms. The lowest BCUT2D eigenvalue weighted by atomic mass is 9.94. The molecule has 0 unspecified atom stereocenters. The van der Waals surface area contributed by atoms with Crippen molar-refractivity contribution < 1.29 is 18.4 Å². The lowest BCUT2D eigenvalue weighted by Gasteiger charge is -2.26. The maximum absolute atomic E-state index is 13.1. The summed E-state index contributed by atoms with van der Waals surface area (Å²) in [7, 11) is 0. The smallest absolute Gasteiger partial charge is 0.248 e. The standard InChI is InChI=1S/C16H19F2N3O2/c1-3-15(22)20-12-4-5-14(19-10-12)11(2)21-23-13-6-8-16(17,18)9-7-13/h3-5,10,13H,1,6-9H2,2H3,(H,20,22)/b21-11+. The zero-order chi connectivity index (χ0) is 16.9. The van der Waals surface area contributed by atoms with Crippen LogP contribution in [-0.4, -0.2) is 28.6 Å². The van der Waals surface area contributed by atoms with Crippen molar-refractivity contribution in [3.05, 3.63) is 36.7 Å². The molecule has 0 atom stereocenters. The van der Waals surface area contributed by atoms with Crippen LogP contribution in [0.4, 0.5) is 14.5 Å². The number of pyridine rings is 1. The number of carbonyl (C=O) groups is 1. The van der Waals surface area contributed by atoms with E-state index in [-0.39, 0.29) is 24.9 Å². The Kier molecular flexibility index (Phi) is 5.41. The largest absolute Gasteiger partial charge is 0.392 e. The van der Waals surface area contributed by atoms with E-state index in [4.69, 9.17) is 4.84 Å². The van der Waals surface area contributed by atoms with Crippen molar-refractivity contribution in [2.75, 3.05) is 5.32 Å². The zero-order valence-electron chi connectivity index (χ0n) is 12.9. The first-order chi connectivity index (χ1) is 10.9. The van der Waals surface area contributed by atoms with Crippen LogP contribution in [0.15, 0.2) is 36.1 Å². The molecule has 0 radical (unpaired) electrons. The second-order valence-corrected chi connectivity index (χ2v) is 5.46. The van der Waals surface area contributed by atoms with Gasteiger partial charge in [-0.1, -0.05) is 11.7 Å². The lowest BCUT2D eigenvalue weighted by molar-refractivity contribution is -0.111. The molecule has 1 N–H and O–H groups in total. The Morgan fingerprint density at radius 3 is 2.74 bits per heavy atom. The Morgan fingerprint density at radius 1 is 1.48 bits per heavy atom. The van der Waals surface area contributed by atoms with Crippen LogP contribution in [0.1, 0.15) is 38.3 Å². The molecule has 1 heterocycles. The third-order valence-electron chi connectivity index (χ3n) is 3.59. The van der Waals surface area contributed by atoms with E-state index in [2.05, 4.69) is 22.0 Å². The number of amides is 1. The van der Waals surface area contributed by atoms with Crippen molar-refractivity contribution in [3.8, 4) is 0 Å². The van der Waals surface area contributed by atoms with Gasteiger partial charge >= 0.3 is 0 Å². The highest BCUT2D eigenvalue weighted by atomic mass is 19.3. The van der Waals surface area contributed by atoms with E-state index in [1.807, 2.05) is 0 Å². The van der Waals surface area contributed by atoms with Gasteiger partial charge in [-0.3, -0.25) is 9.78 Å². The first-order valence-electron chi connectivity index (χ1n) is 7.38.